The van der Waals surface area contributed by atoms with Crippen LogP contribution >= 0.6 is 11.6 Å². The van der Waals surface area contributed by atoms with Crippen molar-refractivity contribution in [2.45, 2.75) is 25.8 Å². The van der Waals surface area contributed by atoms with Crippen LogP contribution in [0.2, 0.25) is 0 Å². The maximum Gasteiger partial charge on any atom is 0.125 e. The topological polar surface area (TPSA) is 30.7 Å². The Morgan fingerprint density at radius 2 is 2.10 bits per heavy atom. The average Bonchev–Trinajstić information content (AvgIpc) is 2.87. The molecule has 0 radical (unpaired) electrons. The van der Waals surface area contributed by atoms with Gasteiger partial charge in [0.15, 0.2) is 0 Å². The van der Waals surface area contributed by atoms with E-state index in [1.165, 1.54) is 5.56 Å². The molecule has 0 spiro atoms. The number of para-hydroxylation sites is 1. The predicted octanol–water partition coefficient (Wildman–Crippen LogP) is 4.09. The Morgan fingerprint density at radius 3 is 2.80 bits per heavy atom. The van der Waals surface area contributed by atoms with Crippen molar-refractivity contribution in [2.75, 3.05) is 0 Å². The molecule has 0 saturated heterocycles. The number of rotatable bonds is 3. The van der Waals surface area contributed by atoms with Crippen molar-refractivity contribution < 1.29 is 0 Å². The monoisotopic (exact) mass is 285 g/mol. The van der Waals surface area contributed by atoms with E-state index in [0.717, 1.165) is 22.4 Å². The molecule has 0 fully saturated rings. The number of halogens is 1. The Kier molecular flexibility index (Phi) is 3.45. The van der Waals surface area contributed by atoms with E-state index in [-0.39, 0.29) is 6.04 Å². The lowest BCUT2D eigenvalue weighted by Gasteiger charge is -2.17. The van der Waals surface area contributed by atoms with Crippen molar-refractivity contribution in [1.82, 2.24) is 14.5 Å². The highest BCUT2D eigenvalue weighted by Crippen LogP contribution is 2.27. The summed E-state index contributed by atoms with van der Waals surface area (Å²) in [6.45, 7) is 4.23. The number of imidazole rings is 1. The Hall–Kier alpha value is -1.87. The van der Waals surface area contributed by atoms with Gasteiger partial charge in [-0.2, -0.15) is 0 Å². The Morgan fingerprint density at radius 1 is 1.25 bits per heavy atom. The van der Waals surface area contributed by atoms with Crippen LogP contribution in [-0.2, 0) is 5.88 Å². The van der Waals surface area contributed by atoms with Gasteiger partial charge in [0.2, 0.25) is 0 Å². The summed E-state index contributed by atoms with van der Waals surface area (Å²) in [6.07, 6.45) is 3.68. The van der Waals surface area contributed by atoms with E-state index in [9.17, 15) is 0 Å². The number of alkyl halides is 1. The van der Waals surface area contributed by atoms with Crippen LogP contribution in [0.4, 0.5) is 0 Å². The van der Waals surface area contributed by atoms with Crippen molar-refractivity contribution >= 4 is 22.6 Å². The summed E-state index contributed by atoms with van der Waals surface area (Å²) in [5.74, 6) is 1.30. The zero-order chi connectivity index (χ0) is 14.1. The Balaban J connectivity index is 2.22. The van der Waals surface area contributed by atoms with Crippen LogP contribution < -0.4 is 0 Å². The number of aromatic nitrogens is 3. The maximum atomic E-state index is 6.09. The second-order valence-corrected chi connectivity index (χ2v) is 5.20. The SMILES string of the molecule is Cc1cccc2c1nc(CCl)n2C(C)c1cccnc1. The number of hydrogen-bond donors (Lipinski definition) is 0. The molecule has 1 unspecified atom stereocenters. The van der Waals surface area contributed by atoms with Gasteiger partial charge in [0.1, 0.15) is 5.82 Å². The van der Waals surface area contributed by atoms with Crippen LogP contribution in [0.1, 0.15) is 29.9 Å². The predicted molar refractivity (Wildman–Crippen MR) is 82.1 cm³/mol. The molecule has 2 heterocycles. The molecular formula is C16H16ClN3. The van der Waals surface area contributed by atoms with E-state index in [0.29, 0.717) is 5.88 Å². The van der Waals surface area contributed by atoms with Gasteiger partial charge in [0.25, 0.3) is 0 Å². The van der Waals surface area contributed by atoms with Crippen molar-refractivity contribution in [3.8, 4) is 0 Å². The second-order valence-electron chi connectivity index (χ2n) is 4.94. The van der Waals surface area contributed by atoms with Crippen LogP contribution in [0.5, 0.6) is 0 Å². The van der Waals surface area contributed by atoms with Crippen molar-refractivity contribution in [2.24, 2.45) is 0 Å². The molecule has 0 saturated carbocycles. The molecule has 0 N–H and O–H groups in total. The lowest BCUT2D eigenvalue weighted by atomic mass is 10.1. The molecule has 3 rings (SSSR count). The maximum absolute atomic E-state index is 6.09. The zero-order valence-corrected chi connectivity index (χ0v) is 12.3. The van der Waals surface area contributed by atoms with Crippen molar-refractivity contribution in [3.63, 3.8) is 0 Å². The fourth-order valence-electron chi connectivity index (χ4n) is 2.60. The fourth-order valence-corrected chi connectivity index (χ4v) is 2.79. The summed E-state index contributed by atoms with van der Waals surface area (Å²) in [4.78, 5) is 8.89. The molecule has 1 aromatic carbocycles. The molecule has 0 aliphatic heterocycles. The Bertz CT molecular complexity index is 734. The first-order valence-electron chi connectivity index (χ1n) is 6.64. The summed E-state index contributed by atoms with van der Waals surface area (Å²) >= 11 is 6.09. The molecular weight excluding hydrogens is 270 g/mol. The van der Waals surface area contributed by atoms with Gasteiger partial charge in [-0.1, -0.05) is 18.2 Å². The summed E-state index contributed by atoms with van der Waals surface area (Å²) in [7, 11) is 0. The third kappa shape index (κ3) is 2.08. The number of benzene rings is 1. The highest BCUT2D eigenvalue weighted by Gasteiger charge is 2.17. The minimum absolute atomic E-state index is 0.157. The van der Waals surface area contributed by atoms with Gasteiger partial charge in [-0.3, -0.25) is 4.98 Å². The largest absolute Gasteiger partial charge is 0.320 e. The minimum Gasteiger partial charge on any atom is -0.320 e. The van der Waals surface area contributed by atoms with Gasteiger partial charge < -0.3 is 4.57 Å². The number of fused-ring (bicyclic) bond motifs is 1. The average molecular weight is 286 g/mol. The molecule has 0 aliphatic rings. The van der Waals surface area contributed by atoms with Crippen molar-refractivity contribution in [1.29, 1.82) is 0 Å². The molecule has 4 heteroatoms. The lowest BCUT2D eigenvalue weighted by molar-refractivity contribution is 0.631. The number of nitrogens with zero attached hydrogens (tertiary/aromatic N) is 3. The molecule has 0 aliphatic carbocycles. The number of hydrogen-bond acceptors (Lipinski definition) is 2. The van der Waals surface area contributed by atoms with Gasteiger partial charge in [0.05, 0.1) is 23.0 Å². The molecule has 0 amide bonds. The minimum atomic E-state index is 0.157. The number of pyridine rings is 1. The molecule has 3 aromatic rings. The Labute approximate surface area is 123 Å². The second kappa shape index (κ2) is 5.25. The first kappa shape index (κ1) is 13.1. The molecule has 1 atom stereocenters. The van der Waals surface area contributed by atoms with E-state index >= 15 is 0 Å². The van der Waals surface area contributed by atoms with E-state index < -0.39 is 0 Å². The van der Waals surface area contributed by atoms with Crippen LogP contribution in [0.25, 0.3) is 11.0 Å². The van der Waals surface area contributed by atoms with E-state index in [1.54, 1.807) is 6.20 Å². The molecule has 0 bridgehead atoms. The molecule has 102 valence electrons. The summed E-state index contributed by atoms with van der Waals surface area (Å²) < 4.78 is 2.20. The first-order chi connectivity index (χ1) is 9.72. The molecule has 3 nitrogen and oxygen atoms in total. The highest BCUT2D eigenvalue weighted by molar-refractivity contribution is 6.16. The standard InChI is InChI=1S/C16H16ClN3/c1-11-5-3-7-14-16(11)19-15(9-17)20(14)12(2)13-6-4-8-18-10-13/h3-8,10,12H,9H2,1-2H3. The van der Waals surface area contributed by atoms with Crippen LogP contribution in [-0.4, -0.2) is 14.5 Å². The van der Waals surface area contributed by atoms with Gasteiger partial charge in [0, 0.05) is 12.4 Å². The molecule has 20 heavy (non-hydrogen) atoms. The smallest absolute Gasteiger partial charge is 0.125 e. The normalized spacial score (nSPS) is 12.8. The fraction of sp³-hybridized carbons (Fsp3) is 0.250. The van der Waals surface area contributed by atoms with Crippen LogP contribution in [0, 0.1) is 6.92 Å². The molecule has 2 aromatic heterocycles. The summed E-state index contributed by atoms with van der Waals surface area (Å²) in [5.41, 5.74) is 4.47. The third-order valence-electron chi connectivity index (χ3n) is 3.67. The lowest BCUT2D eigenvalue weighted by Crippen LogP contribution is -2.10. The van der Waals surface area contributed by atoms with Crippen LogP contribution in [0.3, 0.4) is 0 Å². The van der Waals surface area contributed by atoms with Crippen LogP contribution in [0.15, 0.2) is 42.7 Å². The number of aryl methyl sites for hydroxylation is 1. The zero-order valence-electron chi connectivity index (χ0n) is 11.5. The van der Waals surface area contributed by atoms with E-state index in [2.05, 4.69) is 52.6 Å². The highest BCUT2D eigenvalue weighted by atomic mass is 35.5. The summed E-state index contributed by atoms with van der Waals surface area (Å²) in [6, 6.07) is 10.4. The quantitative estimate of drug-likeness (QED) is 0.679. The van der Waals surface area contributed by atoms with Gasteiger partial charge in [-0.05, 0) is 37.1 Å². The van der Waals surface area contributed by atoms with Gasteiger partial charge >= 0.3 is 0 Å². The van der Waals surface area contributed by atoms with E-state index in [4.69, 9.17) is 11.6 Å². The summed E-state index contributed by atoms with van der Waals surface area (Å²) in [5, 5.41) is 0. The van der Waals surface area contributed by atoms with Crippen molar-refractivity contribution in [3.05, 3.63) is 59.7 Å². The third-order valence-corrected chi connectivity index (χ3v) is 3.91. The van der Waals surface area contributed by atoms with E-state index in [1.807, 2.05) is 12.3 Å². The van der Waals surface area contributed by atoms with Gasteiger partial charge in [-0.15, -0.1) is 11.6 Å². The first-order valence-corrected chi connectivity index (χ1v) is 7.18. The van der Waals surface area contributed by atoms with Gasteiger partial charge in [-0.25, -0.2) is 4.98 Å².